The molecule has 0 radical (unpaired) electrons. The molecule has 0 unspecified atom stereocenters. The summed E-state index contributed by atoms with van der Waals surface area (Å²) in [4.78, 5) is 11.0. The van der Waals surface area contributed by atoms with Crippen LogP contribution in [-0.4, -0.2) is 24.7 Å². The number of thiol groups is 1. The number of hydrogen-bond donors (Lipinski definition) is 1. The summed E-state index contributed by atoms with van der Waals surface area (Å²) in [6, 6.07) is 0. The molecule has 0 aliphatic carbocycles. The van der Waals surface area contributed by atoms with Gasteiger partial charge in [-0.3, -0.25) is 4.79 Å². The summed E-state index contributed by atoms with van der Waals surface area (Å²) in [5, 5.41) is 0. The van der Waals surface area contributed by atoms with Crippen LogP contribution < -0.4 is 0 Å². The third-order valence-electron chi connectivity index (χ3n) is 1.37. The molecular weight excluding hydrogens is 160 g/mol. The number of rotatable bonds is 6. The van der Waals surface area contributed by atoms with Crippen molar-refractivity contribution in [1.29, 1.82) is 0 Å². The van der Waals surface area contributed by atoms with Gasteiger partial charge < -0.3 is 4.74 Å². The van der Waals surface area contributed by atoms with Gasteiger partial charge in [-0.05, 0) is 0 Å². The summed E-state index contributed by atoms with van der Waals surface area (Å²) in [7, 11) is 0. The normalized spacial score (nSPS) is 10.5. The van der Waals surface area contributed by atoms with Crippen LogP contribution in [0.3, 0.4) is 0 Å². The number of Topliss-reactive ketones (excluding diaryl/α,β-unsaturated/α-hetero) is 1. The molecular formula is C8H16O2S. The van der Waals surface area contributed by atoms with Crippen LogP contribution in [-0.2, 0) is 9.53 Å². The smallest absolute Gasteiger partial charge is 0.137 e. The highest BCUT2D eigenvalue weighted by molar-refractivity contribution is 7.80. The number of ether oxygens (including phenoxy) is 1. The Morgan fingerprint density at radius 1 is 1.45 bits per heavy atom. The first-order valence-electron chi connectivity index (χ1n) is 3.89. The highest BCUT2D eigenvalue weighted by atomic mass is 32.1. The molecule has 0 spiro atoms. The van der Waals surface area contributed by atoms with E-state index in [-0.39, 0.29) is 11.7 Å². The molecule has 0 aliphatic heterocycles. The fourth-order valence-corrected chi connectivity index (χ4v) is 0.757. The minimum Gasteiger partial charge on any atom is -0.380 e. The molecule has 0 saturated carbocycles. The van der Waals surface area contributed by atoms with Crippen molar-refractivity contribution in [2.75, 3.05) is 19.0 Å². The van der Waals surface area contributed by atoms with Crippen molar-refractivity contribution in [1.82, 2.24) is 0 Å². The Bertz CT molecular complexity index is 113. The highest BCUT2D eigenvalue weighted by Gasteiger charge is 2.05. The average molecular weight is 176 g/mol. The van der Waals surface area contributed by atoms with E-state index in [1.54, 1.807) is 0 Å². The van der Waals surface area contributed by atoms with Crippen molar-refractivity contribution in [3.63, 3.8) is 0 Å². The zero-order valence-corrected chi connectivity index (χ0v) is 8.06. The standard InChI is InChI=1S/C8H16O2S/c1-7(2)8(9)3-4-10-5-6-11/h7,11H,3-6H2,1-2H3. The zero-order chi connectivity index (χ0) is 8.69. The monoisotopic (exact) mass is 176 g/mol. The molecule has 0 heterocycles. The molecule has 0 amide bonds. The number of carbonyl (C=O) groups excluding carboxylic acids is 1. The highest BCUT2D eigenvalue weighted by Crippen LogP contribution is 1.98. The van der Waals surface area contributed by atoms with E-state index < -0.39 is 0 Å². The molecule has 3 heteroatoms. The Hall–Kier alpha value is -0.0200. The molecule has 0 saturated heterocycles. The van der Waals surface area contributed by atoms with E-state index in [9.17, 15) is 4.79 Å². The third-order valence-corrected chi connectivity index (χ3v) is 1.55. The first-order chi connectivity index (χ1) is 5.18. The molecule has 0 fully saturated rings. The van der Waals surface area contributed by atoms with Gasteiger partial charge in [0.25, 0.3) is 0 Å². The fraction of sp³-hybridized carbons (Fsp3) is 0.875. The lowest BCUT2D eigenvalue weighted by atomic mass is 10.1. The van der Waals surface area contributed by atoms with Crippen LogP contribution in [0.25, 0.3) is 0 Å². The molecule has 66 valence electrons. The summed E-state index contributed by atoms with van der Waals surface area (Å²) in [6.45, 7) is 4.98. The third kappa shape index (κ3) is 6.38. The summed E-state index contributed by atoms with van der Waals surface area (Å²) >= 11 is 3.98. The molecule has 0 aromatic carbocycles. The lowest BCUT2D eigenvalue weighted by Gasteiger charge is -2.03. The van der Waals surface area contributed by atoms with Gasteiger partial charge in [0.1, 0.15) is 5.78 Å². The van der Waals surface area contributed by atoms with Gasteiger partial charge in [0, 0.05) is 18.1 Å². The Labute approximate surface area is 73.7 Å². The van der Waals surface area contributed by atoms with Gasteiger partial charge in [0.2, 0.25) is 0 Å². The predicted octanol–water partition coefficient (Wildman–Crippen LogP) is 1.55. The van der Waals surface area contributed by atoms with E-state index in [1.807, 2.05) is 13.8 Å². The molecule has 0 N–H and O–H groups in total. The number of ketones is 1. The quantitative estimate of drug-likeness (QED) is 0.491. The summed E-state index contributed by atoms with van der Waals surface area (Å²) in [5.74, 6) is 1.12. The lowest BCUT2D eigenvalue weighted by molar-refractivity contribution is -0.122. The van der Waals surface area contributed by atoms with E-state index in [2.05, 4.69) is 12.6 Å². The average Bonchev–Trinajstić information content (AvgIpc) is 1.97. The fourth-order valence-electron chi connectivity index (χ4n) is 0.628. The van der Waals surface area contributed by atoms with Gasteiger partial charge in [-0.25, -0.2) is 0 Å². The molecule has 0 aromatic heterocycles. The summed E-state index contributed by atoms with van der Waals surface area (Å²) < 4.78 is 5.11. The first-order valence-corrected chi connectivity index (χ1v) is 4.53. The van der Waals surface area contributed by atoms with Crippen molar-refractivity contribution < 1.29 is 9.53 Å². The van der Waals surface area contributed by atoms with Crippen LogP contribution in [0, 0.1) is 5.92 Å². The lowest BCUT2D eigenvalue weighted by Crippen LogP contribution is -2.10. The van der Waals surface area contributed by atoms with E-state index in [1.165, 1.54) is 0 Å². The second kappa shape index (κ2) is 6.68. The summed E-state index contributed by atoms with van der Waals surface area (Å²) in [5.41, 5.74) is 0. The van der Waals surface area contributed by atoms with E-state index >= 15 is 0 Å². The van der Waals surface area contributed by atoms with Crippen molar-refractivity contribution >= 4 is 18.4 Å². The van der Waals surface area contributed by atoms with Crippen LogP contribution in [0.4, 0.5) is 0 Å². The number of carbonyl (C=O) groups is 1. The van der Waals surface area contributed by atoms with Gasteiger partial charge in [-0.2, -0.15) is 12.6 Å². The zero-order valence-electron chi connectivity index (χ0n) is 7.17. The molecule has 2 nitrogen and oxygen atoms in total. The second-order valence-corrected chi connectivity index (χ2v) is 3.15. The minimum absolute atomic E-state index is 0.134. The van der Waals surface area contributed by atoms with Crippen molar-refractivity contribution in [2.45, 2.75) is 20.3 Å². The Kier molecular flexibility index (Phi) is 6.66. The second-order valence-electron chi connectivity index (χ2n) is 2.71. The molecule has 11 heavy (non-hydrogen) atoms. The maximum Gasteiger partial charge on any atom is 0.137 e. The maximum atomic E-state index is 11.0. The summed E-state index contributed by atoms with van der Waals surface area (Å²) in [6.07, 6.45) is 0.533. The van der Waals surface area contributed by atoms with Crippen LogP contribution in [0.2, 0.25) is 0 Å². The number of hydrogen-bond acceptors (Lipinski definition) is 3. The van der Waals surface area contributed by atoms with E-state index in [0.29, 0.717) is 19.6 Å². The van der Waals surface area contributed by atoms with Gasteiger partial charge in [0.15, 0.2) is 0 Å². The van der Waals surface area contributed by atoms with Crippen LogP contribution in [0.15, 0.2) is 0 Å². The van der Waals surface area contributed by atoms with Gasteiger partial charge in [-0.1, -0.05) is 13.8 Å². The largest absolute Gasteiger partial charge is 0.380 e. The van der Waals surface area contributed by atoms with E-state index in [4.69, 9.17) is 4.74 Å². The maximum absolute atomic E-state index is 11.0. The first kappa shape index (κ1) is 11.0. The SMILES string of the molecule is CC(C)C(=O)CCOCCS. The Morgan fingerprint density at radius 2 is 2.09 bits per heavy atom. The Morgan fingerprint density at radius 3 is 2.55 bits per heavy atom. The van der Waals surface area contributed by atoms with Gasteiger partial charge in [0.05, 0.1) is 13.2 Å². The molecule has 0 aliphatic rings. The molecule has 0 bridgehead atoms. The minimum atomic E-state index is 0.134. The predicted molar refractivity (Wildman–Crippen MR) is 49.1 cm³/mol. The van der Waals surface area contributed by atoms with Crippen molar-refractivity contribution in [3.8, 4) is 0 Å². The molecule has 0 aromatic rings. The van der Waals surface area contributed by atoms with Crippen LogP contribution in [0.1, 0.15) is 20.3 Å². The topological polar surface area (TPSA) is 26.3 Å². The van der Waals surface area contributed by atoms with Gasteiger partial charge >= 0.3 is 0 Å². The van der Waals surface area contributed by atoms with Gasteiger partial charge in [-0.15, -0.1) is 0 Å². The van der Waals surface area contributed by atoms with Crippen molar-refractivity contribution in [3.05, 3.63) is 0 Å². The molecule has 0 atom stereocenters. The Balaban J connectivity index is 3.18. The van der Waals surface area contributed by atoms with E-state index in [0.717, 1.165) is 5.75 Å². The van der Waals surface area contributed by atoms with Crippen LogP contribution >= 0.6 is 12.6 Å². The van der Waals surface area contributed by atoms with Crippen molar-refractivity contribution in [2.24, 2.45) is 5.92 Å². The van der Waals surface area contributed by atoms with Crippen LogP contribution in [0.5, 0.6) is 0 Å². The molecule has 0 rings (SSSR count).